The molecular weight excluding hydrogens is 417 g/mol. The van der Waals surface area contributed by atoms with E-state index in [1.807, 2.05) is 6.07 Å². The normalized spacial score (nSPS) is 25.6. The first-order valence-corrected chi connectivity index (χ1v) is 10.3. The van der Waals surface area contributed by atoms with E-state index in [9.17, 15) is 32.0 Å². The van der Waals surface area contributed by atoms with Crippen LogP contribution in [0.25, 0.3) is 0 Å². The third-order valence-electron chi connectivity index (χ3n) is 6.01. The average molecular weight is 443 g/mol. The molecule has 31 heavy (non-hydrogen) atoms. The topological polar surface area (TPSA) is 64.9 Å². The van der Waals surface area contributed by atoms with E-state index in [-0.39, 0.29) is 5.56 Å². The smallest absolute Gasteiger partial charge is 0.336 e. The molecule has 170 valence electrons. The minimum absolute atomic E-state index is 0.162. The fourth-order valence-corrected chi connectivity index (χ4v) is 4.02. The number of halogens is 5. The van der Waals surface area contributed by atoms with Gasteiger partial charge >= 0.3 is 6.18 Å². The molecule has 0 heterocycles. The molecule has 2 aliphatic rings. The van der Waals surface area contributed by atoms with Gasteiger partial charge in [-0.1, -0.05) is 43.7 Å². The van der Waals surface area contributed by atoms with Gasteiger partial charge in [0.05, 0.1) is 12.0 Å². The van der Waals surface area contributed by atoms with Gasteiger partial charge in [0.1, 0.15) is 17.1 Å². The summed E-state index contributed by atoms with van der Waals surface area (Å²) in [4.78, 5) is 13.0. The van der Waals surface area contributed by atoms with Gasteiger partial charge in [0.2, 0.25) is 5.91 Å². The lowest BCUT2D eigenvalue weighted by Crippen LogP contribution is -2.56. The van der Waals surface area contributed by atoms with Crippen LogP contribution in [-0.2, 0) is 4.79 Å². The van der Waals surface area contributed by atoms with Crippen molar-refractivity contribution in [2.24, 2.45) is 11.8 Å². The molecule has 3 atom stereocenters. The van der Waals surface area contributed by atoms with Gasteiger partial charge in [-0.05, 0) is 37.7 Å². The van der Waals surface area contributed by atoms with E-state index in [0.29, 0.717) is 12.8 Å². The van der Waals surface area contributed by atoms with Gasteiger partial charge in [-0.25, -0.2) is 8.78 Å². The van der Waals surface area contributed by atoms with Crippen molar-refractivity contribution in [1.82, 2.24) is 10.6 Å². The molecule has 9 heteroatoms. The van der Waals surface area contributed by atoms with Crippen molar-refractivity contribution in [2.45, 2.75) is 75.7 Å². The van der Waals surface area contributed by atoms with Crippen molar-refractivity contribution in [3.63, 3.8) is 0 Å². The van der Waals surface area contributed by atoms with E-state index >= 15 is 0 Å². The molecule has 0 spiro atoms. The van der Waals surface area contributed by atoms with E-state index in [4.69, 9.17) is 0 Å². The first-order chi connectivity index (χ1) is 14.2. The Bertz CT molecular complexity index is 871. The molecule has 2 saturated carbocycles. The molecule has 4 nitrogen and oxygen atoms in total. The summed E-state index contributed by atoms with van der Waals surface area (Å²) in [5.41, 5.74) is -2.70. The van der Waals surface area contributed by atoms with Gasteiger partial charge in [-0.3, -0.25) is 10.1 Å². The number of nitrogens with zero attached hydrogens (tertiary/aromatic N) is 1. The maximum atomic E-state index is 14.9. The highest BCUT2D eigenvalue weighted by molar-refractivity contribution is 5.91. The molecule has 2 aliphatic carbocycles. The number of amides is 1. The van der Waals surface area contributed by atoms with Crippen LogP contribution in [0.3, 0.4) is 0 Å². The summed E-state index contributed by atoms with van der Waals surface area (Å²) in [5, 5.41) is 13.9. The Hall–Kier alpha value is -2.21. The van der Waals surface area contributed by atoms with E-state index in [2.05, 4.69) is 10.6 Å². The number of aryl methyl sites for hydroxylation is 1. The average Bonchev–Trinajstić information content (AvgIpc) is 3.54. The van der Waals surface area contributed by atoms with Gasteiger partial charge in [-0.15, -0.1) is 0 Å². The molecule has 1 aromatic carbocycles. The zero-order valence-electron chi connectivity index (χ0n) is 17.6. The number of alkyl halides is 5. The quantitative estimate of drug-likeness (QED) is 0.568. The van der Waals surface area contributed by atoms with Gasteiger partial charge in [0, 0.05) is 6.42 Å². The molecule has 2 fully saturated rings. The van der Waals surface area contributed by atoms with Crippen molar-refractivity contribution in [3.8, 4) is 6.07 Å². The highest BCUT2D eigenvalue weighted by Gasteiger charge is 2.72. The van der Waals surface area contributed by atoms with Crippen LogP contribution >= 0.6 is 0 Å². The molecule has 0 aliphatic heterocycles. The van der Waals surface area contributed by atoms with Gasteiger partial charge in [0.25, 0.3) is 5.92 Å². The summed E-state index contributed by atoms with van der Waals surface area (Å²) in [6, 6.07) is 5.16. The lowest BCUT2D eigenvalue weighted by atomic mass is 9.96. The molecule has 2 unspecified atom stereocenters. The van der Waals surface area contributed by atoms with Crippen molar-refractivity contribution in [3.05, 3.63) is 35.4 Å². The van der Waals surface area contributed by atoms with Crippen molar-refractivity contribution in [2.75, 3.05) is 0 Å². The monoisotopic (exact) mass is 443 g/mol. The lowest BCUT2D eigenvalue weighted by molar-refractivity contribution is -0.164. The number of carbonyl (C=O) groups is 1. The van der Waals surface area contributed by atoms with Crippen LogP contribution in [-0.4, -0.2) is 29.1 Å². The maximum absolute atomic E-state index is 14.9. The predicted octanol–water partition coefficient (Wildman–Crippen LogP) is 4.80. The summed E-state index contributed by atoms with van der Waals surface area (Å²) < 4.78 is 71.6. The van der Waals surface area contributed by atoms with E-state index in [0.717, 1.165) is 5.56 Å². The summed E-state index contributed by atoms with van der Waals surface area (Å²) in [6.07, 6.45) is -5.09. The second-order valence-corrected chi connectivity index (χ2v) is 9.26. The minimum Gasteiger partial charge on any atom is -0.336 e. The zero-order chi connectivity index (χ0) is 23.2. The van der Waals surface area contributed by atoms with Crippen LogP contribution < -0.4 is 10.6 Å². The van der Waals surface area contributed by atoms with E-state index in [1.165, 1.54) is 24.3 Å². The SMILES string of the molecule is Cc1ccc([C@H](NC2(C(=O)NC3(C#N)CC3)CC2C(F)(F)CC(C)C)C(F)(F)F)cc1. The number of hydrogen-bond donors (Lipinski definition) is 2. The number of carbonyl (C=O) groups excluding carboxylic acids is 1. The van der Waals surface area contributed by atoms with Crippen LogP contribution in [0.2, 0.25) is 0 Å². The Labute approximate surface area is 178 Å². The van der Waals surface area contributed by atoms with Gasteiger partial charge in [-0.2, -0.15) is 18.4 Å². The highest BCUT2D eigenvalue weighted by atomic mass is 19.4. The van der Waals surface area contributed by atoms with Crippen LogP contribution in [0.1, 0.15) is 56.7 Å². The number of rotatable bonds is 8. The van der Waals surface area contributed by atoms with Crippen LogP contribution in [0.4, 0.5) is 22.0 Å². The summed E-state index contributed by atoms with van der Waals surface area (Å²) in [5.74, 6) is -6.29. The second-order valence-electron chi connectivity index (χ2n) is 9.26. The zero-order valence-corrected chi connectivity index (χ0v) is 17.6. The van der Waals surface area contributed by atoms with Crippen molar-refractivity contribution < 1.29 is 26.7 Å². The second kappa shape index (κ2) is 7.73. The first-order valence-electron chi connectivity index (χ1n) is 10.3. The van der Waals surface area contributed by atoms with Crippen LogP contribution in [0, 0.1) is 30.1 Å². The Balaban J connectivity index is 1.95. The molecule has 0 saturated heterocycles. The van der Waals surface area contributed by atoms with Crippen LogP contribution in [0.15, 0.2) is 24.3 Å². The first kappa shape index (κ1) is 23.5. The minimum atomic E-state index is -4.81. The summed E-state index contributed by atoms with van der Waals surface area (Å²) in [6.45, 7) is 4.89. The summed E-state index contributed by atoms with van der Waals surface area (Å²) >= 11 is 0. The molecule has 3 rings (SSSR count). The van der Waals surface area contributed by atoms with E-state index in [1.54, 1.807) is 20.8 Å². The third kappa shape index (κ3) is 4.84. The Kier molecular flexibility index (Phi) is 5.85. The fourth-order valence-electron chi connectivity index (χ4n) is 4.02. The van der Waals surface area contributed by atoms with E-state index < -0.39 is 59.8 Å². The molecular formula is C22H26F5N3O. The van der Waals surface area contributed by atoms with Gasteiger partial charge < -0.3 is 5.32 Å². The standard InChI is InChI=1S/C22H26F5N3O/c1-13(2)10-21(23,24)16-11-20(16,18(31)30-19(12-28)8-9-19)29-17(22(25,26)27)15-6-4-14(3)5-7-15/h4-7,13,16-17,29H,8-11H2,1-3H3,(H,30,31)/t16?,17-,20?/m0/s1. The Morgan fingerprint density at radius 2 is 1.77 bits per heavy atom. The third-order valence-corrected chi connectivity index (χ3v) is 6.01. The number of nitrogens with one attached hydrogen (secondary N) is 2. The van der Waals surface area contributed by atoms with Crippen molar-refractivity contribution in [1.29, 1.82) is 5.26 Å². The molecule has 0 bridgehead atoms. The molecule has 2 N–H and O–H groups in total. The maximum Gasteiger partial charge on any atom is 0.407 e. The molecule has 0 aromatic heterocycles. The summed E-state index contributed by atoms with van der Waals surface area (Å²) in [7, 11) is 0. The number of benzene rings is 1. The predicted molar refractivity (Wildman–Crippen MR) is 104 cm³/mol. The molecule has 1 amide bonds. The van der Waals surface area contributed by atoms with Crippen molar-refractivity contribution >= 4 is 5.91 Å². The van der Waals surface area contributed by atoms with Crippen LogP contribution in [0.5, 0.6) is 0 Å². The Morgan fingerprint density at radius 3 is 2.23 bits per heavy atom. The lowest BCUT2D eigenvalue weighted by Gasteiger charge is -2.30. The molecule has 1 aromatic rings. The fraction of sp³-hybridized carbons (Fsp3) is 0.636. The highest BCUT2D eigenvalue weighted by Crippen LogP contribution is 2.57. The number of hydrogen-bond acceptors (Lipinski definition) is 3. The molecule has 0 radical (unpaired) electrons. The number of nitriles is 1. The Morgan fingerprint density at radius 1 is 1.19 bits per heavy atom. The van der Waals surface area contributed by atoms with Gasteiger partial charge in [0.15, 0.2) is 0 Å². The largest absolute Gasteiger partial charge is 0.407 e.